The molecule has 1 saturated heterocycles. The minimum Gasteiger partial charge on any atom is -0.452 e. The summed E-state index contributed by atoms with van der Waals surface area (Å²) in [7, 11) is -3.80. The Kier molecular flexibility index (Phi) is 8.47. The van der Waals surface area contributed by atoms with Crippen LogP contribution in [0.25, 0.3) is 0 Å². The summed E-state index contributed by atoms with van der Waals surface area (Å²) in [4.78, 5) is 24.4. The Morgan fingerprint density at radius 3 is 2.45 bits per heavy atom. The van der Waals surface area contributed by atoms with Gasteiger partial charge in [0.1, 0.15) is 0 Å². The van der Waals surface area contributed by atoms with Crippen molar-refractivity contribution in [1.29, 1.82) is 0 Å². The van der Waals surface area contributed by atoms with Gasteiger partial charge in [0.05, 0.1) is 22.7 Å². The first-order chi connectivity index (χ1) is 15.6. The molecule has 3 rings (SSSR count). The molecule has 1 aliphatic heterocycles. The minimum absolute atomic E-state index is 0.00864. The van der Waals surface area contributed by atoms with Crippen LogP contribution in [0.3, 0.4) is 0 Å². The maximum atomic E-state index is 13.0. The molecule has 1 fully saturated rings. The Hall–Kier alpha value is -2.46. The van der Waals surface area contributed by atoms with E-state index >= 15 is 0 Å². The lowest BCUT2D eigenvalue weighted by Gasteiger charge is -2.34. The van der Waals surface area contributed by atoms with E-state index in [1.807, 2.05) is 26.0 Å². The average molecular weight is 495 g/mol. The predicted molar refractivity (Wildman–Crippen MR) is 124 cm³/mol. The van der Waals surface area contributed by atoms with Crippen LogP contribution in [0.15, 0.2) is 53.4 Å². The molecule has 178 valence electrons. The van der Waals surface area contributed by atoms with Crippen molar-refractivity contribution in [3.05, 3.63) is 64.7 Å². The monoisotopic (exact) mass is 494 g/mol. The van der Waals surface area contributed by atoms with E-state index in [1.54, 1.807) is 12.1 Å². The van der Waals surface area contributed by atoms with Gasteiger partial charge in [-0.2, -0.15) is 4.31 Å². The van der Waals surface area contributed by atoms with Gasteiger partial charge in [0.2, 0.25) is 10.0 Å². The summed E-state index contributed by atoms with van der Waals surface area (Å²) in [5, 5.41) is 3.32. The Morgan fingerprint density at radius 1 is 1.12 bits per heavy atom. The predicted octanol–water partition coefficient (Wildman–Crippen LogP) is 2.65. The number of hydrogen-bond donors (Lipinski definition) is 1. The number of nitrogens with one attached hydrogen (secondary N) is 1. The molecule has 2 aromatic rings. The summed E-state index contributed by atoms with van der Waals surface area (Å²) in [6, 6.07) is 12.9. The van der Waals surface area contributed by atoms with Crippen LogP contribution in [-0.4, -0.2) is 63.0 Å². The molecule has 2 atom stereocenters. The van der Waals surface area contributed by atoms with Crippen molar-refractivity contribution in [3.63, 3.8) is 0 Å². The molecular weight excluding hydrogens is 468 g/mol. The molecule has 1 N–H and O–H groups in total. The first kappa shape index (κ1) is 25.2. The highest BCUT2D eigenvalue weighted by molar-refractivity contribution is 7.89. The number of ether oxygens (including phenoxy) is 2. The average Bonchev–Trinajstić information content (AvgIpc) is 2.78. The van der Waals surface area contributed by atoms with Crippen molar-refractivity contribution in [1.82, 2.24) is 9.62 Å². The fraction of sp³-hybridized carbons (Fsp3) is 0.391. The van der Waals surface area contributed by atoms with Crippen molar-refractivity contribution >= 4 is 33.5 Å². The third kappa shape index (κ3) is 7.01. The van der Waals surface area contributed by atoms with Gasteiger partial charge in [0.25, 0.3) is 5.91 Å². The fourth-order valence-corrected chi connectivity index (χ4v) is 5.29. The highest BCUT2D eigenvalue weighted by Gasteiger charge is 2.32. The first-order valence-electron chi connectivity index (χ1n) is 10.6. The van der Waals surface area contributed by atoms with Crippen molar-refractivity contribution < 1.29 is 27.5 Å². The minimum atomic E-state index is -3.80. The van der Waals surface area contributed by atoms with E-state index in [0.717, 1.165) is 5.56 Å². The van der Waals surface area contributed by atoms with Crippen molar-refractivity contribution in [2.24, 2.45) is 0 Å². The van der Waals surface area contributed by atoms with E-state index < -0.39 is 28.5 Å². The summed E-state index contributed by atoms with van der Waals surface area (Å²) in [5.74, 6) is -1.22. The molecule has 2 aromatic carbocycles. The number of halogens is 1. The van der Waals surface area contributed by atoms with Crippen molar-refractivity contribution in [3.8, 4) is 0 Å². The van der Waals surface area contributed by atoms with Gasteiger partial charge < -0.3 is 14.8 Å². The molecule has 8 nitrogen and oxygen atoms in total. The number of carbonyl (C=O) groups excluding carboxylic acids is 2. The number of hydrogen-bond acceptors (Lipinski definition) is 6. The Labute approximate surface area is 198 Å². The standard InChI is InChI=1S/C23H27ClN2O6S/c1-16-13-26(14-17(2)32-16)33(29,30)21-5-3-4-19(12-21)23(28)31-15-22(27)25-11-10-18-6-8-20(24)9-7-18/h3-9,12,16-17H,10-11,13-15H2,1-2H3,(H,25,27). The summed E-state index contributed by atoms with van der Waals surface area (Å²) in [6.07, 6.45) is 0.153. The number of nitrogens with zero attached hydrogens (tertiary/aromatic N) is 1. The fourth-order valence-electron chi connectivity index (χ4n) is 3.52. The summed E-state index contributed by atoms with van der Waals surface area (Å²) < 4.78 is 38.0. The first-order valence-corrected chi connectivity index (χ1v) is 12.4. The second-order valence-electron chi connectivity index (χ2n) is 7.91. The van der Waals surface area contributed by atoms with Crippen LogP contribution in [0.5, 0.6) is 0 Å². The van der Waals surface area contributed by atoms with Gasteiger partial charge in [-0.05, 0) is 56.2 Å². The molecular formula is C23H27ClN2O6S. The zero-order chi connectivity index (χ0) is 24.0. The van der Waals surface area contributed by atoms with Crippen LogP contribution < -0.4 is 5.32 Å². The van der Waals surface area contributed by atoms with Gasteiger partial charge in [-0.3, -0.25) is 4.79 Å². The number of rotatable bonds is 8. The number of amides is 1. The van der Waals surface area contributed by atoms with E-state index in [-0.39, 0.29) is 35.8 Å². The van der Waals surface area contributed by atoms with Gasteiger partial charge in [0, 0.05) is 24.7 Å². The molecule has 33 heavy (non-hydrogen) atoms. The third-order valence-corrected chi connectivity index (χ3v) is 7.16. The lowest BCUT2D eigenvalue weighted by molar-refractivity contribution is -0.124. The Morgan fingerprint density at radius 2 is 1.79 bits per heavy atom. The Balaban J connectivity index is 1.53. The number of benzene rings is 2. The number of sulfonamides is 1. The zero-order valence-electron chi connectivity index (χ0n) is 18.5. The second-order valence-corrected chi connectivity index (χ2v) is 10.3. The van der Waals surface area contributed by atoms with Crippen LogP contribution in [-0.2, 0) is 30.7 Å². The van der Waals surface area contributed by atoms with Gasteiger partial charge in [-0.15, -0.1) is 0 Å². The smallest absolute Gasteiger partial charge is 0.338 e. The second kappa shape index (κ2) is 11.1. The van der Waals surface area contributed by atoms with Crippen LogP contribution in [0, 0.1) is 0 Å². The molecule has 0 saturated carbocycles. The van der Waals surface area contributed by atoms with Crippen LogP contribution in [0.4, 0.5) is 0 Å². The molecule has 0 aliphatic carbocycles. The number of carbonyl (C=O) groups is 2. The van der Waals surface area contributed by atoms with E-state index in [2.05, 4.69) is 5.32 Å². The molecule has 2 unspecified atom stereocenters. The summed E-state index contributed by atoms with van der Waals surface area (Å²) >= 11 is 5.84. The molecule has 0 bridgehead atoms. The van der Waals surface area contributed by atoms with Gasteiger partial charge in [-0.25, -0.2) is 13.2 Å². The van der Waals surface area contributed by atoms with E-state index in [0.29, 0.717) is 18.0 Å². The number of morpholine rings is 1. The molecule has 1 heterocycles. The summed E-state index contributed by atoms with van der Waals surface area (Å²) in [6.45, 7) is 4.01. The van der Waals surface area contributed by atoms with Crippen molar-refractivity contribution in [2.45, 2.75) is 37.4 Å². The van der Waals surface area contributed by atoms with E-state index in [4.69, 9.17) is 21.1 Å². The normalized spacial score (nSPS) is 19.1. The Bertz CT molecular complexity index is 1080. The molecule has 1 aliphatic rings. The van der Waals surface area contributed by atoms with Crippen LogP contribution in [0.2, 0.25) is 5.02 Å². The van der Waals surface area contributed by atoms with Crippen molar-refractivity contribution in [2.75, 3.05) is 26.2 Å². The SMILES string of the molecule is CC1CN(S(=O)(=O)c2cccc(C(=O)OCC(=O)NCCc3ccc(Cl)cc3)c2)CC(C)O1. The third-order valence-electron chi connectivity index (χ3n) is 5.08. The zero-order valence-corrected chi connectivity index (χ0v) is 20.1. The summed E-state index contributed by atoms with van der Waals surface area (Å²) in [5.41, 5.74) is 1.07. The molecule has 0 radical (unpaired) electrons. The van der Waals surface area contributed by atoms with E-state index in [1.165, 1.54) is 28.6 Å². The molecule has 1 amide bonds. The van der Waals surface area contributed by atoms with E-state index in [9.17, 15) is 18.0 Å². The number of esters is 1. The highest BCUT2D eigenvalue weighted by Crippen LogP contribution is 2.22. The largest absolute Gasteiger partial charge is 0.452 e. The quantitative estimate of drug-likeness (QED) is 0.566. The molecule has 10 heteroatoms. The van der Waals surface area contributed by atoms with Crippen LogP contribution >= 0.6 is 11.6 Å². The molecule has 0 spiro atoms. The lowest BCUT2D eigenvalue weighted by Crippen LogP contribution is -2.48. The highest BCUT2D eigenvalue weighted by atomic mass is 35.5. The lowest BCUT2D eigenvalue weighted by atomic mass is 10.1. The van der Waals surface area contributed by atoms with Crippen LogP contribution in [0.1, 0.15) is 29.8 Å². The van der Waals surface area contributed by atoms with Gasteiger partial charge in [0.15, 0.2) is 6.61 Å². The topological polar surface area (TPSA) is 102 Å². The maximum absolute atomic E-state index is 13.0. The van der Waals surface area contributed by atoms with Gasteiger partial charge in [-0.1, -0.05) is 29.8 Å². The van der Waals surface area contributed by atoms with Gasteiger partial charge >= 0.3 is 5.97 Å². The maximum Gasteiger partial charge on any atom is 0.338 e. The molecule has 0 aromatic heterocycles.